The maximum absolute atomic E-state index is 10.8. The molecule has 0 aromatic carbocycles. The molecule has 80 valence electrons. The van der Waals surface area contributed by atoms with Crippen LogP contribution in [0.2, 0.25) is 0 Å². The van der Waals surface area contributed by atoms with Gasteiger partial charge in [0.15, 0.2) is 0 Å². The third kappa shape index (κ3) is 1.79. The minimum atomic E-state index is 0.189. The number of nitrogens with zero attached hydrogens (tertiary/aromatic N) is 2. The standard InChI is InChI=1S/C11H15N3O/c1-8-5-9(6-13-11(8)12)10-3-2-4-14(10)7-15/h5-7,10H,2-4H2,1H3,(H2,12,13)/t10-/m1/s1. The summed E-state index contributed by atoms with van der Waals surface area (Å²) in [6.07, 6.45) is 4.77. The van der Waals surface area contributed by atoms with Crippen molar-refractivity contribution >= 4 is 12.2 Å². The fourth-order valence-electron chi connectivity index (χ4n) is 2.06. The third-order valence-corrected chi connectivity index (χ3v) is 2.95. The number of carbonyl (C=O) groups excluding carboxylic acids is 1. The van der Waals surface area contributed by atoms with Crippen molar-refractivity contribution in [2.24, 2.45) is 0 Å². The highest BCUT2D eigenvalue weighted by molar-refractivity contribution is 5.50. The van der Waals surface area contributed by atoms with Gasteiger partial charge in [0.1, 0.15) is 5.82 Å². The molecule has 1 fully saturated rings. The zero-order chi connectivity index (χ0) is 10.8. The molecule has 1 aliphatic rings. The Morgan fingerprint density at radius 1 is 1.67 bits per heavy atom. The molecule has 2 rings (SSSR count). The van der Waals surface area contributed by atoms with Crippen LogP contribution in [0.1, 0.15) is 30.0 Å². The highest BCUT2D eigenvalue weighted by Gasteiger charge is 2.24. The van der Waals surface area contributed by atoms with Gasteiger partial charge in [-0.05, 0) is 37.0 Å². The van der Waals surface area contributed by atoms with E-state index in [1.165, 1.54) is 0 Å². The van der Waals surface area contributed by atoms with E-state index in [4.69, 9.17) is 5.73 Å². The molecule has 1 amide bonds. The first-order valence-electron chi connectivity index (χ1n) is 5.15. The Hall–Kier alpha value is -1.58. The predicted molar refractivity (Wildman–Crippen MR) is 58.1 cm³/mol. The van der Waals surface area contributed by atoms with Crippen LogP contribution in [-0.2, 0) is 4.79 Å². The Morgan fingerprint density at radius 3 is 3.13 bits per heavy atom. The van der Waals surface area contributed by atoms with Gasteiger partial charge in [-0.25, -0.2) is 4.98 Å². The summed E-state index contributed by atoms with van der Waals surface area (Å²) in [6, 6.07) is 2.21. The van der Waals surface area contributed by atoms with E-state index in [9.17, 15) is 4.79 Å². The minimum Gasteiger partial charge on any atom is -0.383 e. The van der Waals surface area contributed by atoms with Crippen molar-refractivity contribution in [3.8, 4) is 0 Å². The molecule has 0 bridgehead atoms. The number of hydrogen-bond donors (Lipinski definition) is 1. The SMILES string of the molecule is Cc1cc([C@H]2CCCN2C=O)cnc1N. The lowest BCUT2D eigenvalue weighted by atomic mass is 10.1. The second-order valence-corrected chi connectivity index (χ2v) is 3.97. The van der Waals surface area contributed by atoms with Crippen LogP contribution in [0.25, 0.3) is 0 Å². The number of nitrogens with two attached hydrogens (primary N) is 1. The molecule has 0 saturated carbocycles. The van der Waals surface area contributed by atoms with Crippen LogP contribution in [-0.4, -0.2) is 22.8 Å². The summed E-state index contributed by atoms with van der Waals surface area (Å²) < 4.78 is 0. The van der Waals surface area contributed by atoms with Gasteiger partial charge in [-0.1, -0.05) is 0 Å². The topological polar surface area (TPSA) is 59.2 Å². The molecule has 1 atom stereocenters. The third-order valence-electron chi connectivity index (χ3n) is 2.95. The highest BCUT2D eigenvalue weighted by atomic mass is 16.1. The molecule has 4 nitrogen and oxygen atoms in total. The van der Waals surface area contributed by atoms with E-state index in [0.717, 1.165) is 36.9 Å². The van der Waals surface area contributed by atoms with Crippen LogP contribution in [0.15, 0.2) is 12.3 Å². The summed E-state index contributed by atoms with van der Waals surface area (Å²) in [5, 5.41) is 0. The summed E-state index contributed by atoms with van der Waals surface area (Å²) >= 11 is 0. The van der Waals surface area contributed by atoms with Crippen LogP contribution < -0.4 is 5.73 Å². The number of pyridine rings is 1. The second-order valence-electron chi connectivity index (χ2n) is 3.97. The van der Waals surface area contributed by atoms with Gasteiger partial charge in [0.25, 0.3) is 0 Å². The van der Waals surface area contributed by atoms with Crippen molar-refractivity contribution in [2.45, 2.75) is 25.8 Å². The summed E-state index contributed by atoms with van der Waals surface area (Å²) in [4.78, 5) is 16.8. The molecule has 15 heavy (non-hydrogen) atoms. The van der Waals surface area contributed by atoms with Crippen LogP contribution >= 0.6 is 0 Å². The average Bonchev–Trinajstić information content (AvgIpc) is 2.70. The second kappa shape index (κ2) is 3.88. The maximum Gasteiger partial charge on any atom is 0.210 e. The number of aromatic nitrogens is 1. The molecule has 0 radical (unpaired) electrons. The molecular formula is C11H15N3O. The number of hydrogen-bond acceptors (Lipinski definition) is 3. The first kappa shape index (κ1) is 9.96. The Balaban J connectivity index is 2.28. The van der Waals surface area contributed by atoms with Crippen molar-refractivity contribution in [3.63, 3.8) is 0 Å². The van der Waals surface area contributed by atoms with E-state index in [0.29, 0.717) is 5.82 Å². The van der Waals surface area contributed by atoms with Crippen molar-refractivity contribution < 1.29 is 4.79 Å². The van der Waals surface area contributed by atoms with E-state index in [1.807, 2.05) is 17.9 Å². The van der Waals surface area contributed by atoms with Crippen LogP contribution in [0.5, 0.6) is 0 Å². The van der Waals surface area contributed by atoms with Gasteiger partial charge >= 0.3 is 0 Å². The first-order valence-corrected chi connectivity index (χ1v) is 5.15. The summed E-state index contributed by atoms with van der Waals surface area (Å²) in [5.74, 6) is 0.564. The lowest BCUT2D eigenvalue weighted by Crippen LogP contribution is -2.21. The number of amides is 1. The predicted octanol–water partition coefficient (Wildman–Crippen LogP) is 1.27. The van der Waals surface area contributed by atoms with Crippen molar-refractivity contribution in [1.82, 2.24) is 9.88 Å². The van der Waals surface area contributed by atoms with Gasteiger partial charge < -0.3 is 10.6 Å². The molecule has 1 saturated heterocycles. The lowest BCUT2D eigenvalue weighted by Gasteiger charge is -2.20. The molecule has 4 heteroatoms. The van der Waals surface area contributed by atoms with Crippen LogP contribution in [0.4, 0.5) is 5.82 Å². The summed E-state index contributed by atoms with van der Waals surface area (Å²) in [7, 11) is 0. The minimum absolute atomic E-state index is 0.189. The smallest absolute Gasteiger partial charge is 0.210 e. The zero-order valence-corrected chi connectivity index (χ0v) is 8.81. The van der Waals surface area contributed by atoms with Crippen molar-refractivity contribution in [1.29, 1.82) is 0 Å². The van der Waals surface area contributed by atoms with Crippen LogP contribution in [0, 0.1) is 6.92 Å². The molecule has 2 N–H and O–H groups in total. The summed E-state index contributed by atoms with van der Waals surface area (Å²) in [6.45, 7) is 2.78. The largest absolute Gasteiger partial charge is 0.383 e. The molecule has 1 aromatic rings. The van der Waals surface area contributed by atoms with Crippen molar-refractivity contribution in [2.75, 3.05) is 12.3 Å². The number of carbonyl (C=O) groups is 1. The molecule has 0 spiro atoms. The monoisotopic (exact) mass is 205 g/mol. The Kier molecular flexibility index (Phi) is 2.58. The number of likely N-dealkylation sites (tertiary alicyclic amines) is 1. The fraction of sp³-hybridized carbons (Fsp3) is 0.455. The quantitative estimate of drug-likeness (QED) is 0.739. The molecule has 2 heterocycles. The van der Waals surface area contributed by atoms with Gasteiger partial charge in [0, 0.05) is 12.7 Å². The van der Waals surface area contributed by atoms with E-state index >= 15 is 0 Å². The highest BCUT2D eigenvalue weighted by Crippen LogP contribution is 2.30. The zero-order valence-electron chi connectivity index (χ0n) is 8.81. The van der Waals surface area contributed by atoms with E-state index < -0.39 is 0 Å². The molecule has 1 aromatic heterocycles. The lowest BCUT2D eigenvalue weighted by molar-refractivity contribution is -0.118. The van der Waals surface area contributed by atoms with Gasteiger partial charge in [-0.3, -0.25) is 4.79 Å². The number of aryl methyl sites for hydroxylation is 1. The Morgan fingerprint density at radius 2 is 2.47 bits per heavy atom. The number of nitrogen functional groups attached to an aromatic ring is 1. The van der Waals surface area contributed by atoms with Crippen molar-refractivity contribution in [3.05, 3.63) is 23.4 Å². The first-order chi connectivity index (χ1) is 7.22. The average molecular weight is 205 g/mol. The van der Waals surface area contributed by atoms with E-state index in [1.54, 1.807) is 6.20 Å². The fourth-order valence-corrected chi connectivity index (χ4v) is 2.06. The van der Waals surface area contributed by atoms with Gasteiger partial charge in [-0.2, -0.15) is 0 Å². The number of rotatable bonds is 2. The molecule has 1 aliphatic heterocycles. The molecule has 0 aliphatic carbocycles. The Labute approximate surface area is 89.1 Å². The van der Waals surface area contributed by atoms with Gasteiger partial charge in [0.2, 0.25) is 6.41 Å². The van der Waals surface area contributed by atoms with Gasteiger partial charge in [0.05, 0.1) is 6.04 Å². The molecule has 0 unspecified atom stereocenters. The van der Waals surface area contributed by atoms with Crippen LogP contribution in [0.3, 0.4) is 0 Å². The Bertz CT molecular complexity index is 378. The van der Waals surface area contributed by atoms with E-state index in [2.05, 4.69) is 4.98 Å². The normalized spacial score (nSPS) is 20.6. The number of anilines is 1. The summed E-state index contributed by atoms with van der Waals surface area (Å²) in [5.41, 5.74) is 7.73. The maximum atomic E-state index is 10.8. The van der Waals surface area contributed by atoms with E-state index in [-0.39, 0.29) is 6.04 Å². The van der Waals surface area contributed by atoms with Gasteiger partial charge in [-0.15, -0.1) is 0 Å². The molecular weight excluding hydrogens is 190 g/mol.